The van der Waals surface area contributed by atoms with E-state index in [1.807, 2.05) is 6.92 Å². The topological polar surface area (TPSA) is 128 Å². The lowest BCUT2D eigenvalue weighted by Gasteiger charge is -2.31. The normalized spacial score (nSPS) is 15.3. The monoisotopic (exact) mass is 383 g/mol. The van der Waals surface area contributed by atoms with Crippen molar-refractivity contribution in [2.75, 3.05) is 19.6 Å². The number of aliphatic carboxylic acids is 2. The van der Waals surface area contributed by atoms with E-state index in [0.717, 1.165) is 32.5 Å². The largest absolute Gasteiger partial charge is 0.490 e. The average molecular weight is 383 g/mol. The lowest BCUT2D eigenvalue weighted by molar-refractivity contribution is -0.193. The molecule has 1 heterocycles. The van der Waals surface area contributed by atoms with Crippen molar-refractivity contribution in [3.8, 4) is 0 Å². The minimum Gasteiger partial charge on any atom is -0.475 e. The number of likely N-dealkylation sites (tertiary alicyclic amines) is 1. The van der Waals surface area contributed by atoms with Crippen LogP contribution < -0.4 is 5.73 Å². The van der Waals surface area contributed by atoms with E-state index in [1.165, 1.54) is 0 Å². The summed E-state index contributed by atoms with van der Waals surface area (Å²) in [4.78, 5) is 19.9. The predicted molar refractivity (Wildman–Crippen MR) is 74.1 cm³/mol. The van der Waals surface area contributed by atoms with Crippen molar-refractivity contribution >= 4 is 17.8 Å². The van der Waals surface area contributed by atoms with Crippen LogP contribution in [0.3, 0.4) is 0 Å². The molecule has 0 bridgehead atoms. The van der Waals surface area contributed by atoms with Gasteiger partial charge >= 0.3 is 24.3 Å². The van der Waals surface area contributed by atoms with Gasteiger partial charge in [0.05, 0.1) is 5.84 Å². The number of carboxylic acids is 2. The second-order valence-corrected chi connectivity index (χ2v) is 4.86. The standard InChI is InChI=1S/C8H17N3.2C2HF3O2/c1-7(10)11-4-2-8(6-9)3-5-11;2*3-2(4,5)1(6)7/h8,10H,2-6,9H2,1H3;2*(H,6,7). The lowest BCUT2D eigenvalue weighted by Crippen LogP contribution is -2.38. The highest BCUT2D eigenvalue weighted by Crippen LogP contribution is 2.15. The van der Waals surface area contributed by atoms with E-state index in [9.17, 15) is 26.3 Å². The molecular weight excluding hydrogens is 364 g/mol. The zero-order valence-corrected chi connectivity index (χ0v) is 13.1. The Kier molecular flexibility index (Phi) is 10.8. The van der Waals surface area contributed by atoms with Crippen molar-refractivity contribution in [3.63, 3.8) is 0 Å². The molecule has 0 saturated carbocycles. The molecule has 13 heteroatoms. The summed E-state index contributed by atoms with van der Waals surface area (Å²) in [5, 5.41) is 21.7. The molecule has 0 aromatic rings. The number of carboxylic acid groups (broad SMARTS) is 2. The molecule has 0 aliphatic carbocycles. The van der Waals surface area contributed by atoms with Crippen molar-refractivity contribution in [2.45, 2.75) is 32.1 Å². The van der Waals surface area contributed by atoms with Gasteiger partial charge in [0.2, 0.25) is 0 Å². The average Bonchev–Trinajstić information content (AvgIpc) is 2.46. The highest BCUT2D eigenvalue weighted by Gasteiger charge is 2.38. The Labute approximate surface area is 138 Å². The molecule has 1 rings (SSSR count). The number of rotatable bonds is 1. The van der Waals surface area contributed by atoms with Gasteiger partial charge in [-0.3, -0.25) is 5.41 Å². The number of amidine groups is 1. The molecule has 25 heavy (non-hydrogen) atoms. The van der Waals surface area contributed by atoms with E-state index >= 15 is 0 Å². The van der Waals surface area contributed by atoms with Gasteiger partial charge in [-0.25, -0.2) is 9.59 Å². The molecular formula is C12H19F6N3O4. The summed E-state index contributed by atoms with van der Waals surface area (Å²) in [6.45, 7) is 4.71. The van der Waals surface area contributed by atoms with Crippen LogP contribution in [-0.2, 0) is 9.59 Å². The maximum absolute atomic E-state index is 10.6. The quantitative estimate of drug-likeness (QED) is 0.311. The first-order chi connectivity index (χ1) is 11.1. The second-order valence-electron chi connectivity index (χ2n) is 4.86. The Hall–Kier alpha value is -2.05. The van der Waals surface area contributed by atoms with Gasteiger partial charge in [-0.2, -0.15) is 26.3 Å². The van der Waals surface area contributed by atoms with Gasteiger partial charge in [-0.15, -0.1) is 0 Å². The van der Waals surface area contributed by atoms with Gasteiger partial charge in [0, 0.05) is 13.1 Å². The van der Waals surface area contributed by atoms with Crippen LogP contribution in [-0.4, -0.2) is 64.9 Å². The first-order valence-electron chi connectivity index (χ1n) is 6.73. The summed E-state index contributed by atoms with van der Waals surface area (Å²) in [5.74, 6) is -4.12. The van der Waals surface area contributed by atoms with Gasteiger partial charge in [0.25, 0.3) is 0 Å². The third-order valence-electron chi connectivity index (χ3n) is 2.91. The summed E-state index contributed by atoms with van der Waals surface area (Å²) in [5.41, 5.74) is 5.55. The smallest absolute Gasteiger partial charge is 0.475 e. The van der Waals surface area contributed by atoms with Crippen molar-refractivity contribution in [1.82, 2.24) is 4.90 Å². The van der Waals surface area contributed by atoms with E-state index in [1.54, 1.807) is 0 Å². The molecule has 1 saturated heterocycles. The summed E-state index contributed by atoms with van der Waals surface area (Å²) in [6, 6.07) is 0. The van der Waals surface area contributed by atoms with Crippen LogP contribution in [0.2, 0.25) is 0 Å². The van der Waals surface area contributed by atoms with Crippen LogP contribution in [0.15, 0.2) is 0 Å². The molecule has 0 spiro atoms. The molecule has 1 aliphatic rings. The number of carbonyl (C=O) groups is 2. The highest BCUT2D eigenvalue weighted by atomic mass is 19.4. The molecule has 0 atom stereocenters. The second kappa shape index (κ2) is 10.7. The number of piperidine rings is 1. The maximum atomic E-state index is 10.6. The molecule has 148 valence electrons. The summed E-state index contributed by atoms with van der Waals surface area (Å²) >= 11 is 0. The van der Waals surface area contributed by atoms with E-state index in [0.29, 0.717) is 11.8 Å². The molecule has 5 N–H and O–H groups in total. The number of nitrogens with zero attached hydrogens (tertiary/aromatic N) is 1. The number of hydrogen-bond donors (Lipinski definition) is 4. The number of nitrogens with two attached hydrogens (primary N) is 1. The molecule has 7 nitrogen and oxygen atoms in total. The Balaban J connectivity index is 0. The summed E-state index contributed by atoms with van der Waals surface area (Å²) < 4.78 is 63.5. The van der Waals surface area contributed by atoms with Gasteiger partial charge < -0.3 is 20.8 Å². The Morgan fingerprint density at radius 3 is 1.48 bits per heavy atom. The molecule has 0 unspecified atom stereocenters. The number of hydrogen-bond acceptors (Lipinski definition) is 4. The fourth-order valence-electron chi connectivity index (χ4n) is 1.50. The van der Waals surface area contributed by atoms with Gasteiger partial charge in [-0.1, -0.05) is 0 Å². The minimum absolute atomic E-state index is 0.695. The Morgan fingerprint density at radius 2 is 1.32 bits per heavy atom. The van der Waals surface area contributed by atoms with Gasteiger partial charge in [0.1, 0.15) is 0 Å². The molecule has 0 radical (unpaired) electrons. The summed E-state index contributed by atoms with van der Waals surface area (Å²) in [6.07, 6.45) is -7.85. The lowest BCUT2D eigenvalue weighted by atomic mass is 9.97. The molecule has 1 aliphatic heterocycles. The van der Waals surface area contributed by atoms with Crippen LogP contribution in [0.4, 0.5) is 26.3 Å². The predicted octanol–water partition coefficient (Wildman–Crippen LogP) is 1.92. The maximum Gasteiger partial charge on any atom is 0.490 e. The van der Waals surface area contributed by atoms with Crippen LogP contribution in [0.1, 0.15) is 19.8 Å². The van der Waals surface area contributed by atoms with Crippen molar-refractivity contribution < 1.29 is 46.1 Å². The highest BCUT2D eigenvalue weighted by molar-refractivity contribution is 5.76. The molecule has 0 aromatic carbocycles. The fourth-order valence-corrected chi connectivity index (χ4v) is 1.50. The van der Waals surface area contributed by atoms with Crippen molar-refractivity contribution in [3.05, 3.63) is 0 Å². The first-order valence-corrected chi connectivity index (χ1v) is 6.73. The summed E-state index contributed by atoms with van der Waals surface area (Å²) in [7, 11) is 0. The number of alkyl halides is 6. The molecule has 0 amide bonds. The van der Waals surface area contributed by atoms with Gasteiger partial charge in [0.15, 0.2) is 0 Å². The van der Waals surface area contributed by atoms with Crippen LogP contribution in [0.25, 0.3) is 0 Å². The van der Waals surface area contributed by atoms with E-state index < -0.39 is 24.3 Å². The zero-order valence-electron chi connectivity index (χ0n) is 13.1. The van der Waals surface area contributed by atoms with Crippen molar-refractivity contribution in [1.29, 1.82) is 5.41 Å². The third-order valence-corrected chi connectivity index (χ3v) is 2.91. The first kappa shape index (κ1) is 25.2. The number of halogens is 6. The third kappa shape index (κ3) is 13.0. The fraction of sp³-hybridized carbons (Fsp3) is 0.750. The minimum atomic E-state index is -5.08. The van der Waals surface area contributed by atoms with Crippen LogP contribution >= 0.6 is 0 Å². The van der Waals surface area contributed by atoms with Crippen molar-refractivity contribution in [2.24, 2.45) is 11.7 Å². The van der Waals surface area contributed by atoms with E-state index in [2.05, 4.69) is 4.90 Å². The SMILES string of the molecule is CC(=N)N1CCC(CN)CC1.O=C(O)C(F)(F)F.O=C(O)C(F)(F)F. The molecule has 0 aromatic heterocycles. The number of nitrogens with one attached hydrogen (secondary N) is 1. The van der Waals surface area contributed by atoms with Crippen LogP contribution in [0, 0.1) is 11.3 Å². The van der Waals surface area contributed by atoms with Crippen LogP contribution in [0.5, 0.6) is 0 Å². The molecule has 1 fully saturated rings. The Morgan fingerprint density at radius 1 is 1.04 bits per heavy atom. The van der Waals surface area contributed by atoms with E-state index in [-0.39, 0.29) is 0 Å². The van der Waals surface area contributed by atoms with Gasteiger partial charge in [-0.05, 0) is 32.2 Å². The zero-order chi connectivity index (χ0) is 20.4. The Bertz CT molecular complexity index is 421. The van der Waals surface area contributed by atoms with E-state index in [4.69, 9.17) is 30.9 Å².